The SMILES string of the molecule is CCC(C)N1C(=O)CC(NC(C)c2ncc(C)o2)C1=O. The van der Waals surface area contributed by atoms with Crippen molar-refractivity contribution in [2.24, 2.45) is 0 Å². The highest BCUT2D eigenvalue weighted by Crippen LogP contribution is 2.21. The Kier molecular flexibility index (Phi) is 4.23. The minimum Gasteiger partial charge on any atom is -0.444 e. The van der Waals surface area contributed by atoms with E-state index in [1.165, 1.54) is 4.90 Å². The molecular weight excluding hydrogens is 258 g/mol. The topological polar surface area (TPSA) is 75.4 Å². The Morgan fingerprint density at radius 3 is 2.75 bits per heavy atom. The molecule has 1 aromatic heterocycles. The van der Waals surface area contributed by atoms with Gasteiger partial charge in [-0.05, 0) is 27.2 Å². The van der Waals surface area contributed by atoms with Gasteiger partial charge in [-0.15, -0.1) is 0 Å². The Morgan fingerprint density at radius 1 is 1.50 bits per heavy atom. The van der Waals surface area contributed by atoms with Crippen LogP contribution in [-0.4, -0.2) is 33.8 Å². The molecule has 20 heavy (non-hydrogen) atoms. The summed E-state index contributed by atoms with van der Waals surface area (Å²) in [4.78, 5) is 29.7. The molecule has 2 amide bonds. The largest absolute Gasteiger partial charge is 0.444 e. The fraction of sp³-hybridized carbons (Fsp3) is 0.643. The Bertz CT molecular complexity index is 512. The van der Waals surface area contributed by atoms with E-state index in [-0.39, 0.29) is 30.3 Å². The van der Waals surface area contributed by atoms with Crippen LogP contribution < -0.4 is 5.32 Å². The molecule has 2 heterocycles. The van der Waals surface area contributed by atoms with E-state index < -0.39 is 6.04 Å². The van der Waals surface area contributed by atoms with Gasteiger partial charge in [0.1, 0.15) is 5.76 Å². The summed E-state index contributed by atoms with van der Waals surface area (Å²) < 4.78 is 5.43. The number of carbonyl (C=O) groups excluding carboxylic acids is 2. The summed E-state index contributed by atoms with van der Waals surface area (Å²) in [5.41, 5.74) is 0. The summed E-state index contributed by atoms with van der Waals surface area (Å²) in [5, 5.41) is 3.13. The van der Waals surface area contributed by atoms with Gasteiger partial charge in [-0.25, -0.2) is 4.98 Å². The fourth-order valence-electron chi connectivity index (χ4n) is 2.37. The fourth-order valence-corrected chi connectivity index (χ4v) is 2.37. The van der Waals surface area contributed by atoms with E-state index in [1.54, 1.807) is 6.20 Å². The molecule has 1 saturated heterocycles. The van der Waals surface area contributed by atoms with E-state index in [0.29, 0.717) is 5.89 Å². The third-order valence-electron chi connectivity index (χ3n) is 3.68. The first kappa shape index (κ1) is 14.7. The van der Waals surface area contributed by atoms with Crippen molar-refractivity contribution in [2.45, 2.75) is 58.7 Å². The van der Waals surface area contributed by atoms with Crippen LogP contribution in [0.25, 0.3) is 0 Å². The van der Waals surface area contributed by atoms with Crippen molar-refractivity contribution in [2.75, 3.05) is 0 Å². The van der Waals surface area contributed by atoms with Crippen LogP contribution in [0.4, 0.5) is 0 Å². The highest BCUT2D eigenvalue weighted by atomic mass is 16.4. The maximum Gasteiger partial charge on any atom is 0.247 e. The molecule has 0 aliphatic carbocycles. The zero-order chi connectivity index (χ0) is 14.9. The van der Waals surface area contributed by atoms with Gasteiger partial charge < -0.3 is 4.42 Å². The first-order valence-electron chi connectivity index (χ1n) is 6.98. The minimum absolute atomic E-state index is 0.0545. The van der Waals surface area contributed by atoms with Gasteiger partial charge in [0.15, 0.2) is 0 Å². The number of hydrogen-bond donors (Lipinski definition) is 1. The predicted octanol–water partition coefficient (Wildman–Crippen LogP) is 1.56. The van der Waals surface area contributed by atoms with Gasteiger partial charge >= 0.3 is 0 Å². The Balaban J connectivity index is 2.04. The maximum absolute atomic E-state index is 12.3. The van der Waals surface area contributed by atoms with Crippen LogP contribution in [0.5, 0.6) is 0 Å². The quantitative estimate of drug-likeness (QED) is 0.828. The van der Waals surface area contributed by atoms with Crippen LogP contribution in [0.1, 0.15) is 51.3 Å². The van der Waals surface area contributed by atoms with Gasteiger partial charge in [-0.2, -0.15) is 0 Å². The summed E-state index contributed by atoms with van der Waals surface area (Å²) in [6, 6.07) is -0.748. The molecule has 1 aliphatic rings. The molecule has 1 aromatic rings. The Morgan fingerprint density at radius 2 is 2.20 bits per heavy atom. The summed E-state index contributed by atoms with van der Waals surface area (Å²) in [6.07, 6.45) is 2.60. The molecule has 3 unspecified atom stereocenters. The van der Waals surface area contributed by atoms with Crippen molar-refractivity contribution in [3.8, 4) is 0 Å². The monoisotopic (exact) mass is 279 g/mol. The van der Waals surface area contributed by atoms with Crippen LogP contribution >= 0.6 is 0 Å². The van der Waals surface area contributed by atoms with Gasteiger partial charge in [-0.3, -0.25) is 19.8 Å². The van der Waals surface area contributed by atoms with Crippen molar-refractivity contribution in [1.82, 2.24) is 15.2 Å². The minimum atomic E-state index is -0.487. The smallest absolute Gasteiger partial charge is 0.247 e. The van der Waals surface area contributed by atoms with Gasteiger partial charge in [-0.1, -0.05) is 6.92 Å². The molecule has 1 aliphatic heterocycles. The van der Waals surface area contributed by atoms with Crippen molar-refractivity contribution in [3.05, 3.63) is 17.8 Å². The average molecular weight is 279 g/mol. The number of oxazole rings is 1. The molecule has 0 aromatic carbocycles. The van der Waals surface area contributed by atoms with Crippen LogP contribution in [0.15, 0.2) is 10.6 Å². The van der Waals surface area contributed by atoms with Gasteiger partial charge in [0.25, 0.3) is 0 Å². The molecule has 3 atom stereocenters. The van der Waals surface area contributed by atoms with E-state index in [1.807, 2.05) is 27.7 Å². The lowest BCUT2D eigenvalue weighted by atomic mass is 10.2. The number of nitrogens with zero attached hydrogens (tertiary/aromatic N) is 2. The summed E-state index contributed by atoms with van der Waals surface area (Å²) in [5.74, 6) is 0.991. The van der Waals surface area contributed by atoms with Gasteiger partial charge in [0.05, 0.1) is 24.7 Å². The second-order valence-electron chi connectivity index (χ2n) is 5.31. The standard InChI is InChI=1S/C14H21N3O3/c1-5-8(2)17-12(18)6-11(14(17)19)16-10(4)13-15-7-9(3)20-13/h7-8,10-11,16H,5-6H2,1-4H3. The molecule has 2 rings (SSSR count). The van der Waals surface area contributed by atoms with Crippen LogP contribution in [0, 0.1) is 6.92 Å². The van der Waals surface area contributed by atoms with Crippen molar-refractivity contribution in [3.63, 3.8) is 0 Å². The number of rotatable bonds is 5. The molecule has 1 N–H and O–H groups in total. The molecule has 1 fully saturated rings. The molecular formula is C14H21N3O3. The number of nitrogens with one attached hydrogen (secondary N) is 1. The van der Waals surface area contributed by atoms with Gasteiger partial charge in [0.2, 0.25) is 17.7 Å². The lowest BCUT2D eigenvalue weighted by Crippen LogP contribution is -2.43. The molecule has 0 radical (unpaired) electrons. The normalized spacial score (nSPS) is 22.4. The molecule has 6 nitrogen and oxygen atoms in total. The number of aromatic nitrogens is 1. The van der Waals surface area contributed by atoms with E-state index in [2.05, 4.69) is 10.3 Å². The number of imide groups is 1. The van der Waals surface area contributed by atoms with Crippen molar-refractivity contribution < 1.29 is 14.0 Å². The number of carbonyl (C=O) groups is 2. The summed E-state index contributed by atoms with van der Waals surface area (Å²) in [6.45, 7) is 7.54. The zero-order valence-corrected chi connectivity index (χ0v) is 12.3. The first-order valence-corrected chi connectivity index (χ1v) is 6.98. The van der Waals surface area contributed by atoms with Gasteiger partial charge in [0, 0.05) is 6.04 Å². The molecule has 0 spiro atoms. The maximum atomic E-state index is 12.3. The molecule has 6 heteroatoms. The molecule has 0 saturated carbocycles. The lowest BCUT2D eigenvalue weighted by molar-refractivity contribution is -0.141. The van der Waals surface area contributed by atoms with E-state index in [9.17, 15) is 9.59 Å². The van der Waals surface area contributed by atoms with Crippen LogP contribution in [0.3, 0.4) is 0 Å². The van der Waals surface area contributed by atoms with Crippen LogP contribution in [-0.2, 0) is 9.59 Å². The summed E-state index contributed by atoms with van der Waals surface area (Å²) >= 11 is 0. The Hall–Kier alpha value is -1.69. The summed E-state index contributed by atoms with van der Waals surface area (Å²) in [7, 11) is 0. The van der Waals surface area contributed by atoms with Crippen LogP contribution in [0.2, 0.25) is 0 Å². The number of aryl methyl sites for hydroxylation is 1. The van der Waals surface area contributed by atoms with Crippen molar-refractivity contribution >= 4 is 11.8 Å². The molecule has 110 valence electrons. The second-order valence-corrected chi connectivity index (χ2v) is 5.31. The Labute approximate surface area is 118 Å². The van der Waals surface area contributed by atoms with E-state index in [0.717, 1.165) is 12.2 Å². The third kappa shape index (κ3) is 2.75. The zero-order valence-electron chi connectivity index (χ0n) is 12.3. The third-order valence-corrected chi connectivity index (χ3v) is 3.68. The average Bonchev–Trinajstić information content (AvgIpc) is 2.94. The number of likely N-dealkylation sites (tertiary alicyclic amines) is 1. The number of amides is 2. The lowest BCUT2D eigenvalue weighted by Gasteiger charge is -2.22. The highest BCUT2D eigenvalue weighted by Gasteiger charge is 2.41. The highest BCUT2D eigenvalue weighted by molar-refractivity contribution is 6.05. The molecule has 0 bridgehead atoms. The number of hydrogen-bond acceptors (Lipinski definition) is 5. The predicted molar refractivity (Wildman–Crippen MR) is 72.8 cm³/mol. The van der Waals surface area contributed by atoms with E-state index >= 15 is 0 Å². The van der Waals surface area contributed by atoms with Crippen molar-refractivity contribution in [1.29, 1.82) is 0 Å². The van der Waals surface area contributed by atoms with E-state index in [4.69, 9.17) is 4.42 Å². The first-order chi connectivity index (χ1) is 9.43. The second kappa shape index (κ2) is 5.75.